The molecule has 0 saturated carbocycles. The molecule has 5 nitrogen and oxygen atoms in total. The smallest absolute Gasteiger partial charge is 0.269 e. The molecular weight excluding hydrogens is 288 g/mol. The third kappa shape index (κ3) is 4.82. The third-order valence-corrected chi connectivity index (χ3v) is 3.39. The molecule has 0 aliphatic rings. The minimum Gasteiger partial charge on any atom is -0.353 e. The number of carbonyl (C=O) groups is 1. The van der Waals surface area contributed by atoms with Crippen molar-refractivity contribution in [2.75, 3.05) is 11.9 Å². The van der Waals surface area contributed by atoms with Gasteiger partial charge < -0.3 is 10.6 Å². The molecule has 0 unspecified atom stereocenters. The highest BCUT2D eigenvalue weighted by atomic mass is 16.1. The Balaban J connectivity index is 1.97. The predicted molar refractivity (Wildman–Crippen MR) is 90.5 cm³/mol. The van der Waals surface area contributed by atoms with E-state index in [9.17, 15) is 4.79 Å². The fraction of sp³-hybridized carbons (Fsp3) is 0.278. The van der Waals surface area contributed by atoms with E-state index in [0.29, 0.717) is 23.5 Å². The molecule has 1 aromatic carbocycles. The maximum Gasteiger partial charge on any atom is 0.269 e. The van der Waals surface area contributed by atoms with Crippen molar-refractivity contribution < 1.29 is 4.79 Å². The third-order valence-electron chi connectivity index (χ3n) is 3.39. The number of amides is 1. The molecule has 0 saturated heterocycles. The average Bonchev–Trinajstić information content (AvgIpc) is 2.59. The highest BCUT2D eigenvalue weighted by molar-refractivity contribution is 5.92. The van der Waals surface area contributed by atoms with Crippen LogP contribution in [-0.2, 0) is 0 Å². The van der Waals surface area contributed by atoms with E-state index in [-0.39, 0.29) is 5.91 Å². The normalized spacial score (nSPS) is 9.91. The summed E-state index contributed by atoms with van der Waals surface area (Å²) >= 11 is 0. The van der Waals surface area contributed by atoms with Crippen molar-refractivity contribution in [3.63, 3.8) is 0 Å². The van der Waals surface area contributed by atoms with E-state index in [0.717, 1.165) is 24.9 Å². The lowest BCUT2D eigenvalue weighted by Crippen LogP contribution is -2.25. The van der Waals surface area contributed by atoms with Gasteiger partial charge in [0.05, 0.1) is 23.1 Å². The predicted octanol–water partition coefficient (Wildman–Crippen LogP) is 3.62. The van der Waals surface area contributed by atoms with Gasteiger partial charge in [0.25, 0.3) is 5.91 Å². The number of aromatic nitrogens is 1. The Bertz CT molecular complexity index is 689. The number of hydrogen-bond donors (Lipinski definition) is 2. The standard InChI is InChI=1S/C18H20N4O/c1-2-3-6-11-20-18(23)17-10-9-15(13-21-17)22-16-8-5-4-7-14(16)12-19/h4-5,7-10,13,22H,2-3,6,11H2,1H3,(H,20,23). The number of rotatable bonds is 7. The number of nitrogens with zero attached hydrogens (tertiary/aromatic N) is 2. The summed E-state index contributed by atoms with van der Waals surface area (Å²) in [5, 5.41) is 15.1. The van der Waals surface area contributed by atoms with Crippen molar-refractivity contribution >= 4 is 17.3 Å². The summed E-state index contributed by atoms with van der Waals surface area (Å²) in [4.78, 5) is 16.1. The fourth-order valence-corrected chi connectivity index (χ4v) is 2.11. The minimum absolute atomic E-state index is 0.162. The highest BCUT2D eigenvalue weighted by Gasteiger charge is 2.07. The van der Waals surface area contributed by atoms with Gasteiger partial charge in [-0.25, -0.2) is 4.98 Å². The molecule has 118 valence electrons. The SMILES string of the molecule is CCCCCNC(=O)c1ccc(Nc2ccccc2C#N)cn1. The van der Waals surface area contributed by atoms with Crippen LogP contribution in [0.25, 0.3) is 0 Å². The molecule has 0 aliphatic carbocycles. The van der Waals surface area contributed by atoms with Gasteiger partial charge in [-0.3, -0.25) is 4.79 Å². The van der Waals surface area contributed by atoms with E-state index in [1.807, 2.05) is 18.2 Å². The summed E-state index contributed by atoms with van der Waals surface area (Å²) in [5.41, 5.74) is 2.40. The van der Waals surface area contributed by atoms with Crippen molar-refractivity contribution in [2.24, 2.45) is 0 Å². The number of anilines is 2. The molecule has 1 amide bonds. The molecule has 0 spiro atoms. The molecule has 2 aromatic rings. The molecule has 0 aliphatic heterocycles. The van der Waals surface area contributed by atoms with Crippen LogP contribution in [0, 0.1) is 11.3 Å². The summed E-state index contributed by atoms with van der Waals surface area (Å²) in [6.45, 7) is 2.80. The van der Waals surface area contributed by atoms with Crippen LogP contribution in [0.4, 0.5) is 11.4 Å². The quantitative estimate of drug-likeness (QED) is 0.766. The molecule has 0 radical (unpaired) electrons. The van der Waals surface area contributed by atoms with Gasteiger partial charge in [-0.2, -0.15) is 5.26 Å². The zero-order chi connectivity index (χ0) is 16.5. The van der Waals surface area contributed by atoms with Gasteiger partial charge in [-0.1, -0.05) is 31.9 Å². The van der Waals surface area contributed by atoms with Crippen LogP contribution in [0.5, 0.6) is 0 Å². The van der Waals surface area contributed by atoms with Crippen LogP contribution in [0.1, 0.15) is 42.2 Å². The van der Waals surface area contributed by atoms with E-state index < -0.39 is 0 Å². The van der Waals surface area contributed by atoms with Crippen LogP contribution >= 0.6 is 0 Å². The first-order valence-electron chi connectivity index (χ1n) is 7.75. The minimum atomic E-state index is -0.162. The molecule has 0 bridgehead atoms. The number of benzene rings is 1. The van der Waals surface area contributed by atoms with E-state index in [1.54, 1.807) is 24.4 Å². The zero-order valence-electron chi connectivity index (χ0n) is 13.2. The zero-order valence-corrected chi connectivity index (χ0v) is 13.2. The van der Waals surface area contributed by atoms with Crippen LogP contribution in [0.3, 0.4) is 0 Å². The van der Waals surface area contributed by atoms with Gasteiger partial charge in [0, 0.05) is 6.54 Å². The Morgan fingerprint density at radius 1 is 1.22 bits per heavy atom. The Morgan fingerprint density at radius 3 is 2.74 bits per heavy atom. The lowest BCUT2D eigenvalue weighted by molar-refractivity contribution is 0.0948. The first-order chi connectivity index (χ1) is 11.2. The number of carbonyl (C=O) groups excluding carboxylic acids is 1. The number of unbranched alkanes of at least 4 members (excludes halogenated alkanes) is 2. The second kappa shape index (κ2) is 8.54. The summed E-state index contributed by atoms with van der Waals surface area (Å²) in [6, 6.07) is 12.8. The van der Waals surface area contributed by atoms with Gasteiger partial charge in [0.1, 0.15) is 11.8 Å². The lowest BCUT2D eigenvalue weighted by atomic mass is 10.2. The Kier molecular flexibility index (Phi) is 6.13. The molecule has 2 rings (SSSR count). The summed E-state index contributed by atoms with van der Waals surface area (Å²) in [7, 11) is 0. The van der Waals surface area contributed by atoms with Crippen molar-refractivity contribution in [3.8, 4) is 6.07 Å². The molecule has 1 heterocycles. The van der Waals surface area contributed by atoms with Gasteiger partial charge in [0.2, 0.25) is 0 Å². The summed E-state index contributed by atoms with van der Waals surface area (Å²) in [5.74, 6) is -0.162. The Labute approximate surface area is 136 Å². The van der Waals surface area contributed by atoms with Gasteiger partial charge >= 0.3 is 0 Å². The molecule has 0 fully saturated rings. The van der Waals surface area contributed by atoms with Crippen molar-refractivity contribution in [2.45, 2.75) is 26.2 Å². The van der Waals surface area contributed by atoms with Gasteiger partial charge in [-0.15, -0.1) is 0 Å². The largest absolute Gasteiger partial charge is 0.353 e. The van der Waals surface area contributed by atoms with E-state index in [4.69, 9.17) is 5.26 Å². The summed E-state index contributed by atoms with van der Waals surface area (Å²) in [6.07, 6.45) is 4.80. The maximum atomic E-state index is 11.9. The second-order valence-electron chi connectivity index (χ2n) is 5.18. The summed E-state index contributed by atoms with van der Waals surface area (Å²) < 4.78 is 0. The molecule has 23 heavy (non-hydrogen) atoms. The van der Waals surface area contributed by atoms with E-state index in [1.165, 1.54) is 0 Å². The van der Waals surface area contributed by atoms with E-state index in [2.05, 4.69) is 28.6 Å². The number of hydrogen-bond acceptors (Lipinski definition) is 4. The molecular formula is C18H20N4O. The molecule has 5 heteroatoms. The van der Waals surface area contributed by atoms with Gasteiger partial charge in [0.15, 0.2) is 0 Å². The fourth-order valence-electron chi connectivity index (χ4n) is 2.11. The monoisotopic (exact) mass is 308 g/mol. The van der Waals surface area contributed by atoms with Crippen molar-refractivity contribution in [1.29, 1.82) is 5.26 Å². The average molecular weight is 308 g/mol. The Hall–Kier alpha value is -2.87. The molecule has 1 aromatic heterocycles. The van der Waals surface area contributed by atoms with E-state index >= 15 is 0 Å². The Morgan fingerprint density at radius 2 is 2.04 bits per heavy atom. The number of pyridine rings is 1. The van der Waals surface area contributed by atoms with Crippen LogP contribution < -0.4 is 10.6 Å². The van der Waals surface area contributed by atoms with Crippen molar-refractivity contribution in [1.82, 2.24) is 10.3 Å². The topological polar surface area (TPSA) is 77.8 Å². The first kappa shape index (κ1) is 16.5. The number of nitriles is 1. The second-order valence-corrected chi connectivity index (χ2v) is 5.18. The molecule has 0 atom stereocenters. The van der Waals surface area contributed by atoms with Gasteiger partial charge in [-0.05, 0) is 30.7 Å². The van der Waals surface area contributed by atoms with Crippen LogP contribution in [0.2, 0.25) is 0 Å². The lowest BCUT2D eigenvalue weighted by Gasteiger charge is -2.08. The number of para-hydroxylation sites is 1. The van der Waals surface area contributed by atoms with Crippen LogP contribution in [-0.4, -0.2) is 17.4 Å². The molecule has 2 N–H and O–H groups in total. The highest BCUT2D eigenvalue weighted by Crippen LogP contribution is 2.19. The number of nitrogens with one attached hydrogen (secondary N) is 2. The maximum absolute atomic E-state index is 11.9. The van der Waals surface area contributed by atoms with Crippen molar-refractivity contribution in [3.05, 3.63) is 53.9 Å². The first-order valence-corrected chi connectivity index (χ1v) is 7.75. The van der Waals surface area contributed by atoms with Crippen LogP contribution in [0.15, 0.2) is 42.6 Å².